The number of amides is 1. The minimum atomic E-state index is -4.80. The van der Waals surface area contributed by atoms with E-state index in [1.165, 1.54) is 12.1 Å². The Hall–Kier alpha value is -3.89. The Balaban J connectivity index is 1.38. The average Bonchev–Trinajstić information content (AvgIpc) is 3.29. The molecule has 2 unspecified atom stereocenters. The number of hydrogen-bond acceptors (Lipinski definition) is 6. The van der Waals surface area contributed by atoms with Gasteiger partial charge in [-0.2, -0.15) is 4.98 Å². The van der Waals surface area contributed by atoms with Crippen molar-refractivity contribution >= 4 is 17.6 Å². The van der Waals surface area contributed by atoms with Gasteiger partial charge in [-0.1, -0.05) is 11.6 Å². The van der Waals surface area contributed by atoms with E-state index < -0.39 is 29.9 Å². The molecule has 2 atom stereocenters. The molecular formula is C23H20F3N3O5. The number of ether oxygens (including phenoxy) is 1. The third-order valence-electron chi connectivity index (χ3n) is 5.57. The Labute approximate surface area is 191 Å². The molecule has 2 aromatic carbocycles. The first-order chi connectivity index (χ1) is 16.2. The van der Waals surface area contributed by atoms with Crippen LogP contribution >= 0.6 is 0 Å². The molecule has 0 radical (unpaired) electrons. The largest absolute Gasteiger partial charge is 0.573 e. The molecule has 4 rings (SSSR count). The number of nitrogens with zero attached hydrogens (tertiary/aromatic N) is 2. The highest BCUT2D eigenvalue weighted by Crippen LogP contribution is 2.36. The van der Waals surface area contributed by atoms with Gasteiger partial charge in [-0.25, -0.2) is 0 Å². The number of anilines is 1. The minimum Gasteiger partial charge on any atom is -0.481 e. The van der Waals surface area contributed by atoms with Gasteiger partial charge in [0.2, 0.25) is 11.7 Å². The van der Waals surface area contributed by atoms with Crippen molar-refractivity contribution in [1.29, 1.82) is 0 Å². The standard InChI is InChI=1S/C23H20F3N3O5/c24-23(25,26)33-18-10-6-14(7-11-18)20(30)27-17-8-4-13(5-9-17)19-28-21(34-29-19)15-2-1-3-16(12-15)22(31)32/h4-11,15-16H,1-3,12H2,(H,27,30)(H,31,32). The first-order valence-corrected chi connectivity index (χ1v) is 10.5. The van der Waals surface area contributed by atoms with Crippen LogP contribution in [0.2, 0.25) is 0 Å². The highest BCUT2D eigenvalue weighted by Gasteiger charge is 2.32. The van der Waals surface area contributed by atoms with E-state index in [0.717, 1.165) is 25.0 Å². The van der Waals surface area contributed by atoms with Crippen LogP contribution in [0.25, 0.3) is 11.4 Å². The fourth-order valence-electron chi connectivity index (χ4n) is 3.87. The van der Waals surface area contributed by atoms with Crippen LogP contribution in [0.4, 0.5) is 18.9 Å². The normalized spacial score (nSPS) is 18.3. The van der Waals surface area contributed by atoms with Crippen LogP contribution in [0.15, 0.2) is 53.1 Å². The molecule has 178 valence electrons. The summed E-state index contributed by atoms with van der Waals surface area (Å²) >= 11 is 0. The molecule has 0 aliphatic heterocycles. The fourth-order valence-corrected chi connectivity index (χ4v) is 3.87. The van der Waals surface area contributed by atoms with E-state index in [-0.39, 0.29) is 11.5 Å². The van der Waals surface area contributed by atoms with Crippen molar-refractivity contribution in [1.82, 2.24) is 10.1 Å². The zero-order chi connectivity index (χ0) is 24.3. The number of carbonyl (C=O) groups is 2. The lowest BCUT2D eigenvalue weighted by atomic mass is 9.81. The SMILES string of the molecule is O=C(Nc1ccc(-c2noc(C3CCCC(C(=O)O)C3)n2)cc1)c1ccc(OC(F)(F)F)cc1. The van der Waals surface area contributed by atoms with Crippen LogP contribution in [0.1, 0.15) is 47.8 Å². The molecule has 8 nitrogen and oxygen atoms in total. The number of halogens is 3. The maximum atomic E-state index is 12.4. The number of aromatic nitrogens is 2. The predicted molar refractivity (Wildman–Crippen MR) is 113 cm³/mol. The molecule has 11 heteroatoms. The number of nitrogens with one attached hydrogen (secondary N) is 1. The van der Waals surface area contributed by atoms with Crippen molar-refractivity contribution in [3.63, 3.8) is 0 Å². The van der Waals surface area contributed by atoms with Gasteiger partial charge in [-0.3, -0.25) is 9.59 Å². The summed E-state index contributed by atoms with van der Waals surface area (Å²) in [5.41, 5.74) is 1.27. The molecule has 34 heavy (non-hydrogen) atoms. The Morgan fingerprint density at radius 1 is 1.06 bits per heavy atom. The molecule has 1 saturated carbocycles. The van der Waals surface area contributed by atoms with Gasteiger partial charge in [-0.15, -0.1) is 13.2 Å². The topological polar surface area (TPSA) is 115 Å². The maximum absolute atomic E-state index is 12.4. The Bertz CT molecular complexity index is 1160. The third-order valence-corrected chi connectivity index (χ3v) is 5.57. The van der Waals surface area contributed by atoms with Gasteiger partial charge >= 0.3 is 12.3 Å². The molecule has 0 saturated heterocycles. The Morgan fingerprint density at radius 2 is 1.76 bits per heavy atom. The van der Waals surface area contributed by atoms with E-state index in [1.54, 1.807) is 24.3 Å². The fraction of sp³-hybridized carbons (Fsp3) is 0.304. The monoisotopic (exact) mass is 475 g/mol. The smallest absolute Gasteiger partial charge is 0.481 e. The van der Waals surface area contributed by atoms with Crippen LogP contribution in [-0.4, -0.2) is 33.5 Å². The van der Waals surface area contributed by atoms with Gasteiger partial charge in [0.15, 0.2) is 0 Å². The van der Waals surface area contributed by atoms with Gasteiger partial charge in [0.1, 0.15) is 5.75 Å². The number of carboxylic acid groups (broad SMARTS) is 1. The van der Waals surface area contributed by atoms with Crippen LogP contribution in [0, 0.1) is 5.92 Å². The van der Waals surface area contributed by atoms with Crippen LogP contribution in [0.3, 0.4) is 0 Å². The van der Waals surface area contributed by atoms with E-state index in [0.29, 0.717) is 35.8 Å². The summed E-state index contributed by atoms with van der Waals surface area (Å²) in [5.74, 6) is -1.47. The van der Waals surface area contributed by atoms with E-state index in [1.807, 2.05) is 0 Å². The summed E-state index contributed by atoms with van der Waals surface area (Å²) in [4.78, 5) is 28.1. The van der Waals surface area contributed by atoms with Gasteiger partial charge in [0.05, 0.1) is 5.92 Å². The summed E-state index contributed by atoms with van der Waals surface area (Å²) < 4.78 is 45.9. The number of benzene rings is 2. The molecular weight excluding hydrogens is 455 g/mol. The number of alkyl halides is 3. The molecule has 1 aliphatic rings. The van der Waals surface area contributed by atoms with Gasteiger partial charge < -0.3 is 19.7 Å². The van der Waals surface area contributed by atoms with Gasteiger partial charge in [0.25, 0.3) is 5.91 Å². The second-order valence-electron chi connectivity index (χ2n) is 7.96. The van der Waals surface area contributed by atoms with Crippen LogP contribution < -0.4 is 10.1 Å². The quantitative estimate of drug-likeness (QED) is 0.501. The number of hydrogen-bond donors (Lipinski definition) is 2. The molecule has 1 aromatic heterocycles. The average molecular weight is 475 g/mol. The van der Waals surface area contributed by atoms with E-state index in [4.69, 9.17) is 4.52 Å². The first-order valence-electron chi connectivity index (χ1n) is 10.5. The third kappa shape index (κ3) is 5.72. The summed E-state index contributed by atoms with van der Waals surface area (Å²) in [6.45, 7) is 0. The lowest BCUT2D eigenvalue weighted by molar-refractivity contribution is -0.274. The molecule has 2 N–H and O–H groups in total. The zero-order valence-electron chi connectivity index (χ0n) is 17.7. The molecule has 1 aliphatic carbocycles. The lowest BCUT2D eigenvalue weighted by Gasteiger charge is -2.23. The second kappa shape index (κ2) is 9.54. The number of aliphatic carboxylic acids is 1. The number of rotatable bonds is 6. The molecule has 1 amide bonds. The molecule has 3 aromatic rings. The minimum absolute atomic E-state index is 0.0948. The Morgan fingerprint density at radius 3 is 2.41 bits per heavy atom. The highest BCUT2D eigenvalue weighted by atomic mass is 19.4. The van der Waals surface area contributed by atoms with Gasteiger partial charge in [0, 0.05) is 22.7 Å². The lowest BCUT2D eigenvalue weighted by Crippen LogP contribution is -2.21. The van der Waals surface area contributed by atoms with Crippen LogP contribution in [-0.2, 0) is 4.79 Å². The highest BCUT2D eigenvalue weighted by molar-refractivity contribution is 6.04. The van der Waals surface area contributed by atoms with E-state index in [2.05, 4.69) is 20.2 Å². The summed E-state index contributed by atoms with van der Waals surface area (Å²) in [5, 5.41) is 15.9. The van der Waals surface area contributed by atoms with Crippen molar-refractivity contribution in [2.24, 2.45) is 5.92 Å². The molecule has 1 fully saturated rings. The van der Waals surface area contributed by atoms with E-state index >= 15 is 0 Å². The maximum Gasteiger partial charge on any atom is 0.573 e. The second-order valence-corrected chi connectivity index (χ2v) is 7.96. The van der Waals surface area contributed by atoms with Crippen molar-refractivity contribution in [2.45, 2.75) is 38.0 Å². The Kier molecular flexibility index (Phi) is 6.53. The van der Waals surface area contributed by atoms with Crippen LogP contribution in [0.5, 0.6) is 5.75 Å². The number of carbonyl (C=O) groups excluding carboxylic acids is 1. The van der Waals surface area contributed by atoms with Gasteiger partial charge in [-0.05, 0) is 67.8 Å². The zero-order valence-corrected chi connectivity index (χ0v) is 17.7. The van der Waals surface area contributed by atoms with Crippen molar-refractivity contribution < 1.29 is 37.1 Å². The number of carboxylic acids is 1. The predicted octanol–water partition coefficient (Wildman–Crippen LogP) is 5.25. The summed E-state index contributed by atoms with van der Waals surface area (Å²) in [6, 6.07) is 11.2. The molecule has 1 heterocycles. The molecule has 0 spiro atoms. The molecule has 0 bridgehead atoms. The summed E-state index contributed by atoms with van der Waals surface area (Å²) in [6.07, 6.45) is -2.12. The first kappa shape index (κ1) is 23.3. The summed E-state index contributed by atoms with van der Waals surface area (Å²) in [7, 11) is 0. The van der Waals surface area contributed by atoms with Crippen molar-refractivity contribution in [3.8, 4) is 17.1 Å². The van der Waals surface area contributed by atoms with E-state index in [9.17, 15) is 27.9 Å². The van der Waals surface area contributed by atoms with Crippen molar-refractivity contribution in [3.05, 3.63) is 60.0 Å². The van der Waals surface area contributed by atoms with Crippen molar-refractivity contribution in [2.75, 3.05) is 5.32 Å².